The molecule has 2 aromatic heterocycles. The summed E-state index contributed by atoms with van der Waals surface area (Å²) in [5.41, 5.74) is 2.25. The molecule has 1 saturated heterocycles. The molecule has 5 nitrogen and oxygen atoms in total. The Morgan fingerprint density at radius 2 is 1.88 bits per heavy atom. The van der Waals surface area contributed by atoms with E-state index in [-0.39, 0.29) is 17.4 Å². The van der Waals surface area contributed by atoms with Gasteiger partial charge in [0.25, 0.3) is 5.56 Å². The zero-order chi connectivity index (χ0) is 17.7. The molecule has 0 aliphatic carbocycles. The monoisotopic (exact) mass is 347 g/mol. The average Bonchev–Trinajstić information content (AvgIpc) is 3.05. The van der Waals surface area contributed by atoms with Crippen LogP contribution in [-0.2, 0) is 17.9 Å². The summed E-state index contributed by atoms with van der Waals surface area (Å²) >= 11 is 0. The van der Waals surface area contributed by atoms with Gasteiger partial charge in [-0.25, -0.2) is 0 Å². The molecule has 2 atom stereocenters. The number of likely N-dealkylation sites (tertiary alicyclic amines) is 1. The maximum atomic E-state index is 13.0. The van der Waals surface area contributed by atoms with Gasteiger partial charge in [-0.3, -0.25) is 9.59 Å². The van der Waals surface area contributed by atoms with Crippen LogP contribution in [0.4, 0.5) is 0 Å². The molecule has 2 aliphatic rings. The SMILES string of the molecule is O=C(Cn1ccc2ccccc21)N1CC2CC(C1)c1cccc(=O)n1C2. The van der Waals surface area contributed by atoms with Crippen molar-refractivity contribution in [3.05, 3.63) is 70.8 Å². The van der Waals surface area contributed by atoms with E-state index in [1.807, 2.05) is 44.5 Å². The van der Waals surface area contributed by atoms with Crippen LogP contribution in [0.25, 0.3) is 10.9 Å². The number of nitrogens with zero attached hydrogens (tertiary/aromatic N) is 3. The van der Waals surface area contributed by atoms with Gasteiger partial charge in [0.15, 0.2) is 0 Å². The molecule has 5 heteroatoms. The van der Waals surface area contributed by atoms with Crippen molar-refractivity contribution in [1.29, 1.82) is 0 Å². The van der Waals surface area contributed by atoms with E-state index in [4.69, 9.17) is 0 Å². The molecule has 0 saturated carbocycles. The van der Waals surface area contributed by atoms with E-state index in [1.165, 1.54) is 0 Å². The average molecular weight is 347 g/mol. The Labute approximate surface area is 151 Å². The van der Waals surface area contributed by atoms with Crippen LogP contribution in [0.1, 0.15) is 18.0 Å². The molecule has 2 unspecified atom stereocenters. The lowest BCUT2D eigenvalue weighted by molar-refractivity contribution is -0.134. The molecular formula is C21H21N3O2. The standard InChI is InChI=1S/C21H21N3O2/c25-20-7-3-6-19-17-10-15(12-24(19)20)11-23(13-17)21(26)14-22-9-8-16-4-1-2-5-18(16)22/h1-9,15,17H,10-14H2. The van der Waals surface area contributed by atoms with Gasteiger partial charge in [0, 0.05) is 49.0 Å². The maximum absolute atomic E-state index is 13.0. The molecule has 0 radical (unpaired) electrons. The lowest BCUT2D eigenvalue weighted by Gasteiger charge is -2.42. The van der Waals surface area contributed by atoms with E-state index in [9.17, 15) is 9.59 Å². The third-order valence-corrected chi connectivity index (χ3v) is 5.82. The Morgan fingerprint density at radius 3 is 2.81 bits per heavy atom. The van der Waals surface area contributed by atoms with Crippen molar-refractivity contribution in [2.45, 2.75) is 25.4 Å². The second-order valence-corrected chi connectivity index (χ2v) is 7.50. The zero-order valence-electron chi connectivity index (χ0n) is 14.5. The molecule has 3 aromatic rings. The number of fused-ring (bicyclic) bond motifs is 5. The molecule has 0 spiro atoms. The first-order valence-electron chi connectivity index (χ1n) is 9.20. The first-order valence-corrected chi connectivity index (χ1v) is 9.20. The van der Waals surface area contributed by atoms with Crippen LogP contribution in [-0.4, -0.2) is 33.0 Å². The fraction of sp³-hybridized carbons (Fsp3) is 0.333. The molecule has 1 amide bonds. The van der Waals surface area contributed by atoms with Gasteiger partial charge in [0.2, 0.25) is 5.91 Å². The van der Waals surface area contributed by atoms with Crippen LogP contribution in [0, 0.1) is 5.92 Å². The number of pyridine rings is 1. The summed E-state index contributed by atoms with van der Waals surface area (Å²) in [7, 11) is 0. The number of hydrogen-bond donors (Lipinski definition) is 0. The van der Waals surface area contributed by atoms with E-state index in [1.54, 1.807) is 6.07 Å². The summed E-state index contributed by atoms with van der Waals surface area (Å²) in [6, 6.07) is 15.7. The molecule has 5 rings (SSSR count). The number of benzene rings is 1. The molecule has 2 aliphatic heterocycles. The normalized spacial score (nSPS) is 21.6. The summed E-state index contributed by atoms with van der Waals surface area (Å²) in [5.74, 6) is 0.793. The highest BCUT2D eigenvalue weighted by atomic mass is 16.2. The van der Waals surface area contributed by atoms with Crippen molar-refractivity contribution >= 4 is 16.8 Å². The molecule has 1 fully saturated rings. The van der Waals surface area contributed by atoms with Crippen molar-refractivity contribution in [2.24, 2.45) is 5.92 Å². The van der Waals surface area contributed by atoms with E-state index in [2.05, 4.69) is 18.2 Å². The lowest BCUT2D eigenvalue weighted by Crippen LogP contribution is -2.49. The number of carbonyl (C=O) groups excluding carboxylic acids is 1. The van der Waals surface area contributed by atoms with Gasteiger partial charge in [-0.1, -0.05) is 24.3 Å². The van der Waals surface area contributed by atoms with E-state index < -0.39 is 0 Å². The molecular weight excluding hydrogens is 326 g/mol. The highest BCUT2D eigenvalue weighted by Crippen LogP contribution is 2.35. The molecule has 0 N–H and O–H groups in total. The molecule has 4 heterocycles. The smallest absolute Gasteiger partial charge is 0.250 e. The second-order valence-electron chi connectivity index (χ2n) is 7.50. The Hall–Kier alpha value is -2.82. The zero-order valence-corrected chi connectivity index (χ0v) is 14.5. The maximum Gasteiger partial charge on any atom is 0.250 e. The number of amides is 1. The minimum Gasteiger partial charge on any atom is -0.340 e. The Balaban J connectivity index is 1.39. The van der Waals surface area contributed by atoms with Crippen molar-refractivity contribution < 1.29 is 4.79 Å². The van der Waals surface area contributed by atoms with Gasteiger partial charge in [0.05, 0.1) is 0 Å². The topological polar surface area (TPSA) is 47.2 Å². The Kier molecular flexibility index (Phi) is 3.48. The van der Waals surface area contributed by atoms with Crippen molar-refractivity contribution in [3.8, 4) is 0 Å². The van der Waals surface area contributed by atoms with Crippen molar-refractivity contribution in [3.63, 3.8) is 0 Å². The number of aromatic nitrogens is 2. The summed E-state index contributed by atoms with van der Waals surface area (Å²) < 4.78 is 3.93. The van der Waals surface area contributed by atoms with E-state index in [0.717, 1.165) is 36.1 Å². The van der Waals surface area contributed by atoms with E-state index >= 15 is 0 Å². The van der Waals surface area contributed by atoms with Crippen LogP contribution in [0.2, 0.25) is 0 Å². The molecule has 1 aromatic carbocycles. The minimum atomic E-state index is 0.0794. The van der Waals surface area contributed by atoms with Gasteiger partial charge < -0.3 is 14.0 Å². The highest BCUT2D eigenvalue weighted by molar-refractivity contribution is 5.83. The summed E-state index contributed by atoms with van der Waals surface area (Å²) in [4.78, 5) is 27.1. The van der Waals surface area contributed by atoms with E-state index in [0.29, 0.717) is 19.0 Å². The fourth-order valence-corrected chi connectivity index (χ4v) is 4.62. The number of rotatable bonds is 2. The first-order chi connectivity index (χ1) is 12.7. The summed E-state index contributed by atoms with van der Waals surface area (Å²) in [6.07, 6.45) is 3.06. The quantitative estimate of drug-likeness (QED) is 0.715. The van der Waals surface area contributed by atoms with Crippen LogP contribution in [0.5, 0.6) is 0 Å². The minimum absolute atomic E-state index is 0.0794. The van der Waals surface area contributed by atoms with Crippen LogP contribution >= 0.6 is 0 Å². The number of hydrogen-bond acceptors (Lipinski definition) is 2. The predicted octanol–water partition coefficient (Wildman–Crippen LogP) is 2.45. The van der Waals surface area contributed by atoms with Crippen LogP contribution < -0.4 is 5.56 Å². The third-order valence-electron chi connectivity index (χ3n) is 5.82. The molecule has 2 bridgehead atoms. The second kappa shape index (κ2) is 5.87. The van der Waals surface area contributed by atoms with Gasteiger partial charge >= 0.3 is 0 Å². The van der Waals surface area contributed by atoms with Crippen LogP contribution in [0.3, 0.4) is 0 Å². The summed E-state index contributed by atoms with van der Waals surface area (Å²) in [6.45, 7) is 2.55. The largest absolute Gasteiger partial charge is 0.340 e. The Morgan fingerprint density at radius 1 is 1.00 bits per heavy atom. The summed E-state index contributed by atoms with van der Waals surface area (Å²) in [5, 5.41) is 1.16. The lowest BCUT2D eigenvalue weighted by atomic mass is 9.83. The van der Waals surface area contributed by atoms with Crippen LogP contribution in [0.15, 0.2) is 59.5 Å². The molecule has 132 valence electrons. The molecule has 26 heavy (non-hydrogen) atoms. The first kappa shape index (κ1) is 15.4. The van der Waals surface area contributed by atoms with Gasteiger partial charge in [-0.2, -0.15) is 0 Å². The number of carbonyl (C=O) groups is 1. The van der Waals surface area contributed by atoms with Crippen molar-refractivity contribution in [1.82, 2.24) is 14.0 Å². The van der Waals surface area contributed by atoms with Gasteiger partial charge in [0.1, 0.15) is 6.54 Å². The van der Waals surface area contributed by atoms with Gasteiger partial charge in [-0.15, -0.1) is 0 Å². The van der Waals surface area contributed by atoms with Crippen molar-refractivity contribution in [2.75, 3.05) is 13.1 Å². The number of piperidine rings is 1. The highest BCUT2D eigenvalue weighted by Gasteiger charge is 2.36. The fourth-order valence-electron chi connectivity index (χ4n) is 4.62. The third kappa shape index (κ3) is 2.46. The van der Waals surface area contributed by atoms with Gasteiger partial charge in [-0.05, 0) is 35.9 Å². The number of para-hydroxylation sites is 1. The predicted molar refractivity (Wildman–Crippen MR) is 100 cm³/mol. The Bertz CT molecular complexity index is 1050.